The number of anilines is 2. The van der Waals surface area contributed by atoms with E-state index in [9.17, 15) is 8.42 Å². The van der Waals surface area contributed by atoms with Crippen LogP contribution < -0.4 is 11.1 Å². The van der Waals surface area contributed by atoms with Crippen molar-refractivity contribution in [3.05, 3.63) is 0 Å². The lowest BCUT2D eigenvalue weighted by molar-refractivity contribution is 0.187. The molecular weight excluding hydrogens is 286 g/mol. The zero-order chi connectivity index (χ0) is 13.9. The smallest absolute Gasteiger partial charge is 0.185 e. The van der Waals surface area contributed by atoms with E-state index in [-0.39, 0.29) is 16.5 Å². The van der Waals surface area contributed by atoms with E-state index in [2.05, 4.69) is 9.69 Å². The molecule has 1 aromatic rings. The van der Waals surface area contributed by atoms with Crippen LogP contribution >= 0.6 is 11.5 Å². The minimum atomic E-state index is -3.34. The molecule has 0 aliphatic carbocycles. The highest BCUT2D eigenvalue weighted by atomic mass is 32.2. The molecule has 1 aliphatic heterocycles. The van der Waals surface area contributed by atoms with Gasteiger partial charge >= 0.3 is 0 Å². The van der Waals surface area contributed by atoms with E-state index in [0.29, 0.717) is 23.9 Å². The fraction of sp³-hybridized carbons (Fsp3) is 0.727. The summed E-state index contributed by atoms with van der Waals surface area (Å²) in [5.74, 6) is 0.616. The molecule has 0 bridgehead atoms. The predicted octanol–water partition coefficient (Wildman–Crippen LogP) is 1.36. The molecule has 0 amide bonds. The Hall–Kier alpha value is -0.860. The summed E-state index contributed by atoms with van der Waals surface area (Å²) in [5, 5.41) is 3.71. The average Bonchev–Trinajstić information content (AvgIpc) is 2.95. The number of aromatic nitrogens is 1. The molecule has 8 heteroatoms. The SMILES string of the molecule is CCCS(=O)(=O)c1c(N)nsc1NCC1CCOC1. The molecule has 0 spiro atoms. The number of rotatable bonds is 6. The monoisotopic (exact) mass is 305 g/mol. The molecule has 2 rings (SSSR count). The minimum absolute atomic E-state index is 0.0941. The molecule has 1 aromatic heterocycles. The van der Waals surface area contributed by atoms with Gasteiger partial charge in [0.2, 0.25) is 0 Å². The summed E-state index contributed by atoms with van der Waals surface area (Å²) in [4.78, 5) is 0.165. The van der Waals surface area contributed by atoms with Gasteiger partial charge in [-0.25, -0.2) is 8.42 Å². The zero-order valence-electron chi connectivity index (χ0n) is 10.9. The third-order valence-electron chi connectivity index (χ3n) is 3.03. The summed E-state index contributed by atoms with van der Waals surface area (Å²) in [6.45, 7) is 4.02. The first-order valence-corrected chi connectivity index (χ1v) is 8.76. The number of nitrogen functional groups attached to an aromatic ring is 1. The summed E-state index contributed by atoms with van der Waals surface area (Å²) < 4.78 is 33.6. The van der Waals surface area contributed by atoms with Gasteiger partial charge in [0.05, 0.1) is 12.4 Å². The second-order valence-corrected chi connectivity index (χ2v) is 7.47. The van der Waals surface area contributed by atoms with E-state index in [4.69, 9.17) is 10.5 Å². The first-order chi connectivity index (χ1) is 9.04. The largest absolute Gasteiger partial charge is 0.382 e. The van der Waals surface area contributed by atoms with Crippen LogP contribution in [0.5, 0.6) is 0 Å². The van der Waals surface area contributed by atoms with Gasteiger partial charge in [-0.2, -0.15) is 4.37 Å². The van der Waals surface area contributed by atoms with Crippen LogP contribution in [0.2, 0.25) is 0 Å². The van der Waals surface area contributed by atoms with Gasteiger partial charge < -0.3 is 15.8 Å². The van der Waals surface area contributed by atoms with E-state index in [1.165, 1.54) is 0 Å². The molecule has 1 atom stereocenters. The molecule has 0 aromatic carbocycles. The lowest BCUT2D eigenvalue weighted by Crippen LogP contribution is -2.16. The average molecular weight is 305 g/mol. The predicted molar refractivity (Wildman–Crippen MR) is 76.3 cm³/mol. The molecule has 1 aliphatic rings. The lowest BCUT2D eigenvalue weighted by Gasteiger charge is -2.10. The molecule has 0 radical (unpaired) electrons. The van der Waals surface area contributed by atoms with Crippen molar-refractivity contribution in [2.24, 2.45) is 5.92 Å². The summed E-state index contributed by atoms with van der Waals surface area (Å²) in [7, 11) is -3.34. The van der Waals surface area contributed by atoms with Crippen molar-refractivity contribution in [1.29, 1.82) is 0 Å². The first-order valence-electron chi connectivity index (χ1n) is 6.34. The van der Waals surface area contributed by atoms with Gasteiger partial charge in [0, 0.05) is 19.1 Å². The van der Waals surface area contributed by atoms with E-state index < -0.39 is 9.84 Å². The van der Waals surface area contributed by atoms with Gasteiger partial charge in [-0.3, -0.25) is 0 Å². The highest BCUT2D eigenvalue weighted by molar-refractivity contribution is 7.91. The van der Waals surface area contributed by atoms with E-state index in [1.807, 2.05) is 6.92 Å². The summed E-state index contributed by atoms with van der Waals surface area (Å²) >= 11 is 1.11. The Kier molecular flexibility index (Phi) is 4.64. The minimum Gasteiger partial charge on any atom is -0.382 e. The van der Waals surface area contributed by atoms with Gasteiger partial charge in [0.25, 0.3) is 0 Å². The summed E-state index contributed by atoms with van der Waals surface area (Å²) in [5.41, 5.74) is 5.70. The van der Waals surface area contributed by atoms with Crippen LogP contribution in [0.25, 0.3) is 0 Å². The normalized spacial score (nSPS) is 19.7. The summed E-state index contributed by atoms with van der Waals surface area (Å²) in [6.07, 6.45) is 1.56. The number of nitrogens with two attached hydrogens (primary N) is 1. The van der Waals surface area contributed by atoms with E-state index in [0.717, 1.165) is 31.2 Å². The maximum Gasteiger partial charge on any atom is 0.185 e. The Bertz CT molecular complexity index is 521. The van der Waals surface area contributed by atoms with Gasteiger partial charge in [-0.05, 0) is 24.4 Å². The lowest BCUT2D eigenvalue weighted by atomic mass is 10.1. The van der Waals surface area contributed by atoms with Gasteiger partial charge in [-0.1, -0.05) is 6.92 Å². The Balaban J connectivity index is 2.12. The fourth-order valence-electron chi connectivity index (χ4n) is 2.06. The van der Waals surface area contributed by atoms with Crippen molar-refractivity contribution in [2.45, 2.75) is 24.7 Å². The third-order valence-corrected chi connectivity index (χ3v) is 5.96. The van der Waals surface area contributed by atoms with E-state index in [1.54, 1.807) is 0 Å². The van der Waals surface area contributed by atoms with E-state index >= 15 is 0 Å². The van der Waals surface area contributed by atoms with Gasteiger partial charge in [0.1, 0.15) is 9.90 Å². The maximum absolute atomic E-state index is 12.2. The van der Waals surface area contributed by atoms with Crippen LogP contribution in [0, 0.1) is 5.92 Å². The first kappa shape index (κ1) is 14.5. The second-order valence-electron chi connectivity index (χ2n) is 4.66. The molecule has 1 fully saturated rings. The molecule has 1 unspecified atom stereocenters. The quantitative estimate of drug-likeness (QED) is 0.824. The molecule has 19 heavy (non-hydrogen) atoms. The van der Waals surface area contributed by atoms with Crippen LogP contribution in [0.4, 0.5) is 10.8 Å². The molecule has 108 valence electrons. The van der Waals surface area contributed by atoms with Crippen molar-refractivity contribution in [1.82, 2.24) is 4.37 Å². The number of nitrogens with zero attached hydrogens (tertiary/aromatic N) is 1. The van der Waals surface area contributed by atoms with Crippen molar-refractivity contribution in [3.63, 3.8) is 0 Å². The summed E-state index contributed by atoms with van der Waals surface area (Å²) in [6, 6.07) is 0. The van der Waals surface area contributed by atoms with Gasteiger partial charge in [-0.15, -0.1) is 0 Å². The van der Waals surface area contributed by atoms with Crippen LogP contribution in [0.3, 0.4) is 0 Å². The van der Waals surface area contributed by atoms with Crippen LogP contribution in [-0.2, 0) is 14.6 Å². The molecule has 2 heterocycles. The Morgan fingerprint density at radius 3 is 3.00 bits per heavy atom. The number of nitrogens with one attached hydrogen (secondary N) is 1. The number of ether oxygens (including phenoxy) is 1. The van der Waals surface area contributed by atoms with Crippen LogP contribution in [0.1, 0.15) is 19.8 Å². The van der Waals surface area contributed by atoms with Crippen LogP contribution in [-0.4, -0.2) is 38.3 Å². The highest BCUT2D eigenvalue weighted by Crippen LogP contribution is 2.33. The van der Waals surface area contributed by atoms with Crippen molar-refractivity contribution in [3.8, 4) is 0 Å². The number of hydrogen-bond donors (Lipinski definition) is 2. The molecule has 3 N–H and O–H groups in total. The molecular formula is C11H19N3O3S2. The fourth-order valence-corrected chi connectivity index (χ4v) is 4.69. The zero-order valence-corrected chi connectivity index (χ0v) is 12.5. The molecule has 0 saturated carbocycles. The standard InChI is InChI=1S/C11H19N3O3S2/c1-2-5-19(15,16)9-10(12)14-18-11(9)13-6-8-3-4-17-7-8/h8,13H,2-7H2,1H3,(H2,12,14). The molecule has 6 nitrogen and oxygen atoms in total. The number of hydrogen-bond acceptors (Lipinski definition) is 7. The van der Waals surface area contributed by atoms with Gasteiger partial charge in [0.15, 0.2) is 15.7 Å². The second kappa shape index (κ2) is 6.06. The van der Waals surface area contributed by atoms with Crippen molar-refractivity contribution in [2.75, 3.05) is 36.6 Å². The topological polar surface area (TPSA) is 94.3 Å². The highest BCUT2D eigenvalue weighted by Gasteiger charge is 2.25. The Labute approximate surface area is 117 Å². The Morgan fingerprint density at radius 1 is 1.58 bits per heavy atom. The number of sulfone groups is 1. The van der Waals surface area contributed by atoms with Crippen LogP contribution in [0.15, 0.2) is 4.90 Å². The Morgan fingerprint density at radius 2 is 2.37 bits per heavy atom. The molecule has 1 saturated heterocycles. The van der Waals surface area contributed by atoms with Crippen molar-refractivity contribution < 1.29 is 13.2 Å². The third kappa shape index (κ3) is 3.37. The van der Waals surface area contributed by atoms with Crippen molar-refractivity contribution >= 4 is 32.2 Å². The maximum atomic E-state index is 12.2.